The number of benzene rings is 1. The summed E-state index contributed by atoms with van der Waals surface area (Å²) in [5.74, 6) is 0.701. The Hall–Kier alpha value is -0.0500. The first-order valence-corrected chi connectivity index (χ1v) is 6.38. The lowest BCUT2D eigenvalue weighted by Gasteiger charge is -2.14. The van der Waals surface area contributed by atoms with Crippen LogP contribution in [-0.4, -0.2) is 0 Å². The lowest BCUT2D eigenvalue weighted by atomic mass is 9.98. The van der Waals surface area contributed by atoms with Gasteiger partial charge in [-0.1, -0.05) is 31.5 Å². The molecule has 1 atom stereocenters. The average Bonchev–Trinajstić information content (AvgIpc) is 2.18. The van der Waals surface area contributed by atoms with E-state index in [1.165, 1.54) is 0 Å². The van der Waals surface area contributed by atoms with Crippen LogP contribution in [0.1, 0.15) is 38.3 Å². The van der Waals surface area contributed by atoms with Gasteiger partial charge in [0.2, 0.25) is 0 Å². The Balaban J connectivity index is 2.65. The van der Waals surface area contributed by atoms with Crippen LogP contribution < -0.4 is 5.73 Å². The van der Waals surface area contributed by atoms with E-state index in [-0.39, 0.29) is 6.04 Å². The zero-order valence-corrected chi connectivity index (χ0v) is 11.5. The molecule has 0 aliphatic heterocycles. The van der Waals surface area contributed by atoms with Crippen molar-refractivity contribution in [3.05, 3.63) is 33.3 Å². The van der Waals surface area contributed by atoms with Crippen LogP contribution in [0, 0.1) is 5.92 Å². The molecule has 0 amide bonds. The molecule has 0 heterocycles. The first-order valence-electron chi connectivity index (χ1n) is 5.21. The van der Waals surface area contributed by atoms with Gasteiger partial charge in [-0.2, -0.15) is 0 Å². The molecule has 0 radical (unpaired) electrons. The molecule has 0 aliphatic rings. The molecule has 84 valence electrons. The van der Waals surface area contributed by atoms with E-state index in [1.54, 1.807) is 0 Å². The van der Waals surface area contributed by atoms with Gasteiger partial charge >= 0.3 is 0 Å². The summed E-state index contributed by atoms with van der Waals surface area (Å²) in [6, 6.07) is 6.00. The standard InChI is InChI=1S/C12H17BrClN/c1-8(2)3-6-12(15)9-4-5-11(14)10(13)7-9/h4-5,7-8,12H,3,6,15H2,1-2H3. The fourth-order valence-electron chi connectivity index (χ4n) is 1.42. The summed E-state index contributed by atoms with van der Waals surface area (Å²) in [4.78, 5) is 0. The van der Waals surface area contributed by atoms with Crippen molar-refractivity contribution in [3.63, 3.8) is 0 Å². The molecule has 0 aliphatic carbocycles. The monoisotopic (exact) mass is 289 g/mol. The quantitative estimate of drug-likeness (QED) is 0.865. The van der Waals surface area contributed by atoms with E-state index >= 15 is 0 Å². The van der Waals surface area contributed by atoms with Gasteiger partial charge in [0.05, 0.1) is 5.02 Å². The maximum absolute atomic E-state index is 6.10. The highest BCUT2D eigenvalue weighted by Crippen LogP contribution is 2.27. The van der Waals surface area contributed by atoms with Gasteiger partial charge in [-0.15, -0.1) is 0 Å². The molecule has 1 unspecified atom stereocenters. The van der Waals surface area contributed by atoms with Crippen LogP contribution in [0.4, 0.5) is 0 Å². The Morgan fingerprint density at radius 3 is 2.53 bits per heavy atom. The van der Waals surface area contributed by atoms with Gasteiger partial charge in [-0.25, -0.2) is 0 Å². The minimum Gasteiger partial charge on any atom is -0.324 e. The highest BCUT2D eigenvalue weighted by atomic mass is 79.9. The van der Waals surface area contributed by atoms with Crippen molar-refractivity contribution >= 4 is 27.5 Å². The summed E-state index contributed by atoms with van der Waals surface area (Å²) in [5, 5.41) is 0.731. The second-order valence-corrected chi connectivity index (χ2v) is 5.51. The van der Waals surface area contributed by atoms with Crippen LogP contribution in [-0.2, 0) is 0 Å². The third-order valence-electron chi connectivity index (χ3n) is 2.43. The van der Waals surface area contributed by atoms with Crippen molar-refractivity contribution in [2.24, 2.45) is 11.7 Å². The smallest absolute Gasteiger partial charge is 0.0548 e. The zero-order valence-electron chi connectivity index (χ0n) is 9.13. The van der Waals surface area contributed by atoms with E-state index in [0.717, 1.165) is 27.9 Å². The number of rotatable bonds is 4. The zero-order chi connectivity index (χ0) is 11.4. The second kappa shape index (κ2) is 5.88. The molecule has 0 fully saturated rings. The summed E-state index contributed by atoms with van der Waals surface area (Å²) in [6.45, 7) is 4.43. The molecular weight excluding hydrogens is 273 g/mol. The average molecular weight is 291 g/mol. The Bertz CT molecular complexity index is 325. The minimum atomic E-state index is 0.112. The van der Waals surface area contributed by atoms with Gasteiger partial charge in [0.1, 0.15) is 0 Å². The van der Waals surface area contributed by atoms with Crippen molar-refractivity contribution in [1.29, 1.82) is 0 Å². The summed E-state index contributed by atoms with van der Waals surface area (Å²) < 4.78 is 0.918. The molecular formula is C12H17BrClN. The van der Waals surface area contributed by atoms with Crippen molar-refractivity contribution in [3.8, 4) is 0 Å². The molecule has 1 aromatic rings. The van der Waals surface area contributed by atoms with E-state index in [9.17, 15) is 0 Å². The fourth-order valence-corrected chi connectivity index (χ4v) is 1.94. The minimum absolute atomic E-state index is 0.112. The van der Waals surface area contributed by atoms with Crippen molar-refractivity contribution in [1.82, 2.24) is 0 Å². The van der Waals surface area contributed by atoms with Crippen LogP contribution >= 0.6 is 27.5 Å². The Kier molecular flexibility index (Phi) is 5.10. The molecule has 0 saturated heterocycles. The van der Waals surface area contributed by atoms with E-state index < -0.39 is 0 Å². The molecule has 0 saturated carbocycles. The summed E-state index contributed by atoms with van der Waals surface area (Å²) >= 11 is 9.33. The lowest BCUT2D eigenvalue weighted by molar-refractivity contribution is 0.507. The third kappa shape index (κ3) is 4.13. The summed E-state index contributed by atoms with van der Waals surface area (Å²) in [5.41, 5.74) is 7.24. The van der Waals surface area contributed by atoms with Gasteiger partial charge in [0.15, 0.2) is 0 Å². The number of halogens is 2. The first kappa shape index (κ1) is 13.0. The maximum atomic E-state index is 6.10. The number of nitrogens with two attached hydrogens (primary N) is 1. The van der Waals surface area contributed by atoms with Gasteiger partial charge in [-0.05, 0) is 52.4 Å². The number of hydrogen-bond acceptors (Lipinski definition) is 1. The SMILES string of the molecule is CC(C)CCC(N)c1ccc(Cl)c(Br)c1. The highest BCUT2D eigenvalue weighted by molar-refractivity contribution is 9.10. The van der Waals surface area contributed by atoms with Gasteiger partial charge < -0.3 is 5.73 Å². The molecule has 1 nitrogen and oxygen atoms in total. The molecule has 2 N–H and O–H groups in total. The largest absolute Gasteiger partial charge is 0.324 e. The van der Waals surface area contributed by atoms with Gasteiger partial charge in [-0.3, -0.25) is 0 Å². The Morgan fingerprint density at radius 2 is 2.00 bits per heavy atom. The topological polar surface area (TPSA) is 26.0 Å². The summed E-state index contributed by atoms with van der Waals surface area (Å²) in [7, 11) is 0. The van der Waals surface area contributed by atoms with Crippen LogP contribution in [0.15, 0.2) is 22.7 Å². The van der Waals surface area contributed by atoms with E-state index in [0.29, 0.717) is 5.92 Å². The predicted octanol–water partition coefficient (Wildman–Crippen LogP) is 4.54. The van der Waals surface area contributed by atoms with Gasteiger partial charge in [0.25, 0.3) is 0 Å². The van der Waals surface area contributed by atoms with Crippen LogP contribution in [0.2, 0.25) is 5.02 Å². The van der Waals surface area contributed by atoms with E-state index in [2.05, 4.69) is 29.8 Å². The molecule has 0 bridgehead atoms. The molecule has 1 aromatic carbocycles. The number of hydrogen-bond donors (Lipinski definition) is 1. The Morgan fingerprint density at radius 1 is 1.33 bits per heavy atom. The van der Waals surface area contributed by atoms with Crippen LogP contribution in [0.5, 0.6) is 0 Å². The third-order valence-corrected chi connectivity index (χ3v) is 3.64. The van der Waals surface area contributed by atoms with Crippen molar-refractivity contribution < 1.29 is 0 Å². The van der Waals surface area contributed by atoms with Gasteiger partial charge in [0, 0.05) is 10.5 Å². The first-order chi connectivity index (χ1) is 7.00. The van der Waals surface area contributed by atoms with E-state index in [1.807, 2.05) is 18.2 Å². The normalized spacial score (nSPS) is 13.2. The van der Waals surface area contributed by atoms with E-state index in [4.69, 9.17) is 17.3 Å². The molecule has 15 heavy (non-hydrogen) atoms. The molecule has 3 heteroatoms. The molecule has 0 aromatic heterocycles. The fraction of sp³-hybridized carbons (Fsp3) is 0.500. The summed E-state index contributed by atoms with van der Waals surface area (Å²) in [6.07, 6.45) is 2.17. The van der Waals surface area contributed by atoms with Crippen LogP contribution in [0.3, 0.4) is 0 Å². The second-order valence-electron chi connectivity index (χ2n) is 4.25. The maximum Gasteiger partial charge on any atom is 0.0548 e. The lowest BCUT2D eigenvalue weighted by Crippen LogP contribution is -2.11. The van der Waals surface area contributed by atoms with Crippen LogP contribution in [0.25, 0.3) is 0 Å². The van der Waals surface area contributed by atoms with Crippen molar-refractivity contribution in [2.75, 3.05) is 0 Å². The predicted molar refractivity (Wildman–Crippen MR) is 70.2 cm³/mol. The highest BCUT2D eigenvalue weighted by Gasteiger charge is 2.08. The molecule has 0 spiro atoms. The Labute approximate surface area is 105 Å². The van der Waals surface area contributed by atoms with Crippen molar-refractivity contribution in [2.45, 2.75) is 32.7 Å². The molecule has 1 rings (SSSR count).